The number of amides is 1. The first kappa shape index (κ1) is 14.7. The smallest absolute Gasteiger partial charge is 0.337 e. The number of nitrogens with one attached hydrogen (secondary N) is 1. The normalized spacial score (nSPS) is 11.4. The first-order valence-electron chi connectivity index (χ1n) is 5.97. The number of carboxylic acid groups (broad SMARTS) is 1. The molecule has 1 heterocycles. The van der Waals surface area contributed by atoms with E-state index in [1.165, 1.54) is 12.1 Å². The molecule has 19 heavy (non-hydrogen) atoms. The summed E-state index contributed by atoms with van der Waals surface area (Å²) in [7, 11) is 0. The average molecular weight is 260 g/mol. The molecule has 5 heteroatoms. The summed E-state index contributed by atoms with van der Waals surface area (Å²) < 4.78 is 0. The van der Waals surface area contributed by atoms with Gasteiger partial charge in [-0.15, -0.1) is 6.42 Å². The molecule has 5 nitrogen and oxygen atoms in total. The van der Waals surface area contributed by atoms with Crippen molar-refractivity contribution in [3.05, 3.63) is 29.1 Å². The van der Waals surface area contributed by atoms with Crippen LogP contribution in [0.2, 0.25) is 0 Å². The minimum absolute atomic E-state index is 0.0820. The van der Waals surface area contributed by atoms with Crippen LogP contribution in [-0.2, 0) is 0 Å². The van der Waals surface area contributed by atoms with Crippen molar-refractivity contribution < 1.29 is 14.7 Å². The van der Waals surface area contributed by atoms with E-state index in [0.717, 1.165) is 6.42 Å². The van der Waals surface area contributed by atoms with Crippen LogP contribution in [0.3, 0.4) is 0 Å². The molecule has 100 valence electrons. The fraction of sp³-hybridized carbons (Fsp3) is 0.357. The molecule has 0 spiro atoms. The Morgan fingerprint density at radius 2 is 2.21 bits per heavy atom. The highest BCUT2D eigenvalue weighted by molar-refractivity contribution is 5.94. The summed E-state index contributed by atoms with van der Waals surface area (Å²) in [5.74, 6) is 1.04. The zero-order chi connectivity index (χ0) is 14.4. The van der Waals surface area contributed by atoms with Crippen molar-refractivity contribution in [3.8, 4) is 12.3 Å². The largest absolute Gasteiger partial charge is 0.478 e. The third-order valence-corrected chi connectivity index (χ3v) is 2.63. The maximum atomic E-state index is 11.9. The molecule has 1 rings (SSSR count). The van der Waals surface area contributed by atoms with E-state index in [4.69, 9.17) is 11.5 Å². The van der Waals surface area contributed by atoms with Crippen LogP contribution < -0.4 is 5.32 Å². The fourth-order valence-electron chi connectivity index (χ4n) is 1.63. The van der Waals surface area contributed by atoms with E-state index in [0.29, 0.717) is 12.1 Å². The molecular formula is C14H16N2O3. The lowest BCUT2D eigenvalue weighted by Crippen LogP contribution is -2.34. The molecule has 1 aromatic rings. The predicted octanol–water partition coefficient (Wildman–Crippen LogP) is 1.62. The van der Waals surface area contributed by atoms with E-state index < -0.39 is 11.9 Å². The second-order valence-corrected chi connectivity index (χ2v) is 4.12. The van der Waals surface area contributed by atoms with Crippen molar-refractivity contribution in [3.63, 3.8) is 0 Å². The Kier molecular flexibility index (Phi) is 5.07. The van der Waals surface area contributed by atoms with Crippen molar-refractivity contribution >= 4 is 11.9 Å². The summed E-state index contributed by atoms with van der Waals surface area (Å²) in [6.45, 7) is 3.52. The van der Waals surface area contributed by atoms with Gasteiger partial charge in [0, 0.05) is 0 Å². The standard InChI is InChI=1S/C14H16N2O3/c1-4-6-10(5-2)16-13(17)12-8-7-11(14(18)19)9(3)15-12/h2,7-8,10H,4,6H2,1,3H3,(H,16,17)(H,18,19). The van der Waals surface area contributed by atoms with Gasteiger partial charge in [-0.1, -0.05) is 19.3 Å². The van der Waals surface area contributed by atoms with Gasteiger partial charge in [-0.2, -0.15) is 0 Å². The predicted molar refractivity (Wildman–Crippen MR) is 70.9 cm³/mol. The summed E-state index contributed by atoms with van der Waals surface area (Å²) in [6, 6.07) is 2.41. The lowest BCUT2D eigenvalue weighted by molar-refractivity contribution is 0.0694. The van der Waals surface area contributed by atoms with Gasteiger partial charge < -0.3 is 10.4 Å². The summed E-state index contributed by atoms with van der Waals surface area (Å²) in [5.41, 5.74) is 0.547. The van der Waals surface area contributed by atoms with Crippen molar-refractivity contribution in [2.45, 2.75) is 32.7 Å². The molecule has 1 amide bonds. The lowest BCUT2D eigenvalue weighted by Gasteiger charge is -2.12. The number of carbonyl (C=O) groups is 2. The van der Waals surface area contributed by atoms with E-state index in [1.54, 1.807) is 6.92 Å². The Morgan fingerprint density at radius 1 is 1.53 bits per heavy atom. The Balaban J connectivity index is 2.87. The van der Waals surface area contributed by atoms with Gasteiger partial charge in [0.2, 0.25) is 0 Å². The van der Waals surface area contributed by atoms with Gasteiger partial charge in [0.05, 0.1) is 17.3 Å². The van der Waals surface area contributed by atoms with Gasteiger partial charge in [-0.25, -0.2) is 9.78 Å². The van der Waals surface area contributed by atoms with Gasteiger partial charge >= 0.3 is 5.97 Å². The zero-order valence-corrected chi connectivity index (χ0v) is 10.9. The number of nitrogens with zero attached hydrogens (tertiary/aromatic N) is 1. The highest BCUT2D eigenvalue weighted by Gasteiger charge is 2.15. The highest BCUT2D eigenvalue weighted by atomic mass is 16.4. The Hall–Kier alpha value is -2.35. The third-order valence-electron chi connectivity index (χ3n) is 2.63. The van der Waals surface area contributed by atoms with Crippen molar-refractivity contribution in [1.29, 1.82) is 0 Å². The molecule has 2 N–H and O–H groups in total. The van der Waals surface area contributed by atoms with Crippen LogP contribution in [0.15, 0.2) is 12.1 Å². The Morgan fingerprint density at radius 3 is 2.68 bits per heavy atom. The number of pyridine rings is 1. The van der Waals surface area contributed by atoms with Crippen LogP contribution in [0.1, 0.15) is 46.3 Å². The highest BCUT2D eigenvalue weighted by Crippen LogP contribution is 2.07. The van der Waals surface area contributed by atoms with Crippen LogP contribution in [0.5, 0.6) is 0 Å². The number of hydrogen-bond acceptors (Lipinski definition) is 3. The van der Waals surface area contributed by atoms with Crippen molar-refractivity contribution in [1.82, 2.24) is 10.3 Å². The molecule has 0 saturated heterocycles. The molecule has 0 aliphatic rings. The summed E-state index contributed by atoms with van der Waals surface area (Å²) in [4.78, 5) is 26.7. The number of hydrogen-bond donors (Lipinski definition) is 2. The monoisotopic (exact) mass is 260 g/mol. The molecule has 0 radical (unpaired) electrons. The van der Waals surface area contributed by atoms with E-state index in [-0.39, 0.29) is 17.3 Å². The first-order valence-corrected chi connectivity index (χ1v) is 5.97. The van der Waals surface area contributed by atoms with Crippen LogP contribution >= 0.6 is 0 Å². The van der Waals surface area contributed by atoms with Crippen LogP contribution in [0.4, 0.5) is 0 Å². The first-order chi connectivity index (χ1) is 8.99. The number of carboxylic acids is 1. The topological polar surface area (TPSA) is 79.3 Å². The zero-order valence-electron chi connectivity index (χ0n) is 10.9. The third kappa shape index (κ3) is 3.81. The molecule has 0 fully saturated rings. The van der Waals surface area contributed by atoms with Gasteiger partial charge in [-0.3, -0.25) is 4.79 Å². The number of aryl methyl sites for hydroxylation is 1. The van der Waals surface area contributed by atoms with E-state index in [1.807, 2.05) is 6.92 Å². The number of carbonyl (C=O) groups excluding carboxylic acids is 1. The Labute approximate surface area is 112 Å². The van der Waals surface area contributed by atoms with Crippen LogP contribution in [-0.4, -0.2) is 28.0 Å². The number of aromatic nitrogens is 1. The van der Waals surface area contributed by atoms with Gasteiger partial charge in [0.25, 0.3) is 5.91 Å². The maximum Gasteiger partial charge on any atom is 0.337 e. The SMILES string of the molecule is C#CC(CCC)NC(=O)c1ccc(C(=O)O)c(C)n1. The molecular weight excluding hydrogens is 244 g/mol. The van der Waals surface area contributed by atoms with Crippen molar-refractivity contribution in [2.24, 2.45) is 0 Å². The van der Waals surface area contributed by atoms with Gasteiger partial charge in [-0.05, 0) is 25.5 Å². The molecule has 1 unspecified atom stereocenters. The minimum atomic E-state index is -1.07. The molecule has 1 aromatic heterocycles. The average Bonchev–Trinajstić information content (AvgIpc) is 2.37. The molecule has 1 atom stereocenters. The molecule has 0 aliphatic carbocycles. The fourth-order valence-corrected chi connectivity index (χ4v) is 1.63. The number of rotatable bonds is 5. The molecule has 0 aliphatic heterocycles. The molecule has 0 aromatic carbocycles. The second kappa shape index (κ2) is 6.55. The van der Waals surface area contributed by atoms with Crippen LogP contribution in [0.25, 0.3) is 0 Å². The summed E-state index contributed by atoms with van der Waals surface area (Å²) in [5, 5.41) is 11.6. The lowest BCUT2D eigenvalue weighted by atomic mass is 10.1. The summed E-state index contributed by atoms with van der Waals surface area (Å²) in [6.07, 6.45) is 6.87. The van der Waals surface area contributed by atoms with E-state index in [2.05, 4.69) is 16.2 Å². The van der Waals surface area contributed by atoms with Crippen molar-refractivity contribution in [2.75, 3.05) is 0 Å². The summed E-state index contributed by atoms with van der Waals surface area (Å²) >= 11 is 0. The second-order valence-electron chi connectivity index (χ2n) is 4.12. The number of aromatic carboxylic acids is 1. The van der Waals surface area contributed by atoms with Gasteiger partial charge in [0.15, 0.2) is 0 Å². The quantitative estimate of drug-likeness (QED) is 0.788. The molecule has 0 bridgehead atoms. The number of terminal acetylenes is 1. The van der Waals surface area contributed by atoms with Crippen LogP contribution in [0, 0.1) is 19.3 Å². The van der Waals surface area contributed by atoms with E-state index in [9.17, 15) is 9.59 Å². The molecule has 0 saturated carbocycles. The van der Waals surface area contributed by atoms with E-state index >= 15 is 0 Å². The Bertz CT molecular complexity index is 532. The maximum absolute atomic E-state index is 11.9. The minimum Gasteiger partial charge on any atom is -0.478 e. The van der Waals surface area contributed by atoms with Gasteiger partial charge in [0.1, 0.15) is 5.69 Å².